The van der Waals surface area contributed by atoms with E-state index < -0.39 is 0 Å². The van der Waals surface area contributed by atoms with Crippen LogP contribution in [-0.2, 0) is 4.79 Å². The summed E-state index contributed by atoms with van der Waals surface area (Å²) in [6.07, 6.45) is 0. The van der Waals surface area contributed by atoms with Gasteiger partial charge in [0.1, 0.15) is 0 Å². The van der Waals surface area contributed by atoms with Gasteiger partial charge >= 0.3 is 5.69 Å². The van der Waals surface area contributed by atoms with Crippen LogP contribution < -0.4 is 15.9 Å². The van der Waals surface area contributed by atoms with E-state index in [2.05, 4.69) is 15.3 Å². The molecule has 0 aliphatic heterocycles. The minimum absolute atomic E-state index is 0.122. The fourth-order valence-electron chi connectivity index (χ4n) is 2.30. The summed E-state index contributed by atoms with van der Waals surface area (Å²) >= 11 is 0. The smallest absolute Gasteiger partial charge is 0.323 e. The Morgan fingerprint density at radius 1 is 1.09 bits per heavy atom. The number of para-hydroxylation sites is 1. The number of likely N-dealkylation sites (N-methyl/N-ethyl adjacent to an activating group) is 1. The highest BCUT2D eigenvalue weighted by Gasteiger charge is 2.08. The second-order valence-electron chi connectivity index (χ2n) is 5.08. The van der Waals surface area contributed by atoms with Crippen molar-refractivity contribution < 1.29 is 4.79 Å². The van der Waals surface area contributed by atoms with Gasteiger partial charge in [-0.1, -0.05) is 18.2 Å². The molecule has 3 N–H and O–H groups in total. The predicted molar refractivity (Wildman–Crippen MR) is 87.3 cm³/mol. The lowest BCUT2D eigenvalue weighted by molar-refractivity contribution is -0.114. The van der Waals surface area contributed by atoms with E-state index in [0.29, 0.717) is 16.7 Å². The fraction of sp³-hybridized carbons (Fsp3) is 0.125. The Hall–Kier alpha value is -3.02. The summed E-state index contributed by atoms with van der Waals surface area (Å²) in [4.78, 5) is 30.5. The van der Waals surface area contributed by atoms with Crippen LogP contribution in [0.5, 0.6) is 0 Å². The first-order chi connectivity index (χ1) is 10.6. The SMILES string of the molecule is CN(CC(=O)Nc1ccc2[nH]c(=O)[nH]c2c1)c1ccccc1. The number of carbonyl (C=O) groups is 1. The summed E-state index contributed by atoms with van der Waals surface area (Å²) in [7, 11) is 1.86. The molecule has 0 radical (unpaired) electrons. The van der Waals surface area contributed by atoms with Crippen LogP contribution in [0.1, 0.15) is 0 Å². The fourth-order valence-corrected chi connectivity index (χ4v) is 2.30. The van der Waals surface area contributed by atoms with E-state index in [4.69, 9.17) is 0 Å². The summed E-state index contributed by atoms with van der Waals surface area (Å²) in [5.41, 5.74) is 2.74. The normalized spacial score (nSPS) is 10.6. The van der Waals surface area contributed by atoms with E-state index in [1.54, 1.807) is 18.2 Å². The molecule has 0 saturated heterocycles. The van der Waals surface area contributed by atoms with Gasteiger partial charge in [0.2, 0.25) is 5.91 Å². The number of benzene rings is 2. The van der Waals surface area contributed by atoms with Crippen molar-refractivity contribution in [2.24, 2.45) is 0 Å². The maximum absolute atomic E-state index is 12.1. The molecule has 0 saturated carbocycles. The number of fused-ring (bicyclic) bond motifs is 1. The largest absolute Gasteiger partial charge is 0.365 e. The van der Waals surface area contributed by atoms with Gasteiger partial charge in [-0.15, -0.1) is 0 Å². The van der Waals surface area contributed by atoms with Gasteiger partial charge in [0.25, 0.3) is 0 Å². The molecule has 2 aromatic carbocycles. The molecule has 6 nitrogen and oxygen atoms in total. The summed E-state index contributed by atoms with van der Waals surface area (Å²) in [6, 6.07) is 14.9. The van der Waals surface area contributed by atoms with E-state index in [9.17, 15) is 9.59 Å². The van der Waals surface area contributed by atoms with Crippen LogP contribution in [0, 0.1) is 0 Å². The summed E-state index contributed by atoms with van der Waals surface area (Å²) < 4.78 is 0. The number of aromatic nitrogens is 2. The summed E-state index contributed by atoms with van der Waals surface area (Å²) in [5.74, 6) is -0.122. The number of imidazole rings is 1. The molecule has 0 fully saturated rings. The Labute approximate surface area is 126 Å². The van der Waals surface area contributed by atoms with Crippen LogP contribution in [0.2, 0.25) is 0 Å². The number of hydrogen-bond donors (Lipinski definition) is 3. The molecule has 3 aromatic rings. The molecule has 0 atom stereocenters. The van der Waals surface area contributed by atoms with Gasteiger partial charge in [-0.3, -0.25) is 4.79 Å². The first kappa shape index (κ1) is 13.9. The molecule has 6 heteroatoms. The highest BCUT2D eigenvalue weighted by atomic mass is 16.2. The van der Waals surface area contributed by atoms with Crippen LogP contribution >= 0.6 is 0 Å². The summed E-state index contributed by atoms with van der Waals surface area (Å²) in [6.45, 7) is 0.242. The Morgan fingerprint density at radius 2 is 1.82 bits per heavy atom. The lowest BCUT2D eigenvalue weighted by atomic mass is 10.2. The molecule has 0 aliphatic carbocycles. The highest BCUT2D eigenvalue weighted by Crippen LogP contribution is 2.15. The van der Waals surface area contributed by atoms with Crippen LogP contribution in [0.4, 0.5) is 11.4 Å². The van der Waals surface area contributed by atoms with Crippen molar-refractivity contribution >= 4 is 28.3 Å². The van der Waals surface area contributed by atoms with Crippen molar-refractivity contribution in [1.82, 2.24) is 9.97 Å². The van der Waals surface area contributed by atoms with E-state index >= 15 is 0 Å². The molecule has 112 valence electrons. The topological polar surface area (TPSA) is 81.0 Å². The van der Waals surface area contributed by atoms with Crippen LogP contribution in [-0.4, -0.2) is 29.5 Å². The average Bonchev–Trinajstić information content (AvgIpc) is 2.87. The molecule has 0 unspecified atom stereocenters. The van der Waals surface area contributed by atoms with E-state index in [1.165, 1.54) is 0 Å². The van der Waals surface area contributed by atoms with Gasteiger partial charge in [-0.05, 0) is 30.3 Å². The number of nitrogens with zero attached hydrogens (tertiary/aromatic N) is 1. The molecule has 0 bridgehead atoms. The number of amides is 1. The molecule has 1 heterocycles. The number of carbonyl (C=O) groups excluding carboxylic acids is 1. The minimum Gasteiger partial charge on any atom is -0.365 e. The minimum atomic E-state index is -0.262. The monoisotopic (exact) mass is 296 g/mol. The maximum atomic E-state index is 12.1. The number of hydrogen-bond acceptors (Lipinski definition) is 3. The molecular formula is C16H16N4O2. The number of nitrogens with one attached hydrogen (secondary N) is 3. The molecule has 1 amide bonds. The zero-order valence-electron chi connectivity index (χ0n) is 12.1. The predicted octanol–water partition coefficient (Wildman–Crippen LogP) is 1.93. The lowest BCUT2D eigenvalue weighted by Gasteiger charge is -2.18. The zero-order valence-corrected chi connectivity index (χ0v) is 12.1. The molecule has 1 aromatic heterocycles. The maximum Gasteiger partial charge on any atom is 0.323 e. The first-order valence-electron chi connectivity index (χ1n) is 6.90. The molecule has 0 aliphatic rings. The third-order valence-corrected chi connectivity index (χ3v) is 3.38. The van der Waals surface area contributed by atoms with Gasteiger partial charge in [-0.25, -0.2) is 4.79 Å². The van der Waals surface area contributed by atoms with Crippen LogP contribution in [0.25, 0.3) is 11.0 Å². The van der Waals surface area contributed by atoms with Crippen molar-refractivity contribution in [2.45, 2.75) is 0 Å². The van der Waals surface area contributed by atoms with Gasteiger partial charge < -0.3 is 20.2 Å². The second-order valence-corrected chi connectivity index (χ2v) is 5.08. The van der Waals surface area contributed by atoms with Crippen LogP contribution in [0.3, 0.4) is 0 Å². The van der Waals surface area contributed by atoms with Crippen molar-refractivity contribution in [2.75, 3.05) is 23.8 Å². The number of aromatic amines is 2. The number of rotatable bonds is 4. The Bertz CT molecular complexity index is 851. The average molecular weight is 296 g/mol. The van der Waals surface area contributed by atoms with E-state index in [1.807, 2.05) is 42.3 Å². The van der Waals surface area contributed by atoms with Gasteiger partial charge in [0, 0.05) is 18.4 Å². The van der Waals surface area contributed by atoms with Gasteiger partial charge in [0.05, 0.1) is 17.6 Å². The number of anilines is 2. The lowest BCUT2D eigenvalue weighted by Crippen LogP contribution is -2.29. The van der Waals surface area contributed by atoms with Crippen molar-refractivity contribution in [1.29, 1.82) is 0 Å². The molecular weight excluding hydrogens is 280 g/mol. The zero-order chi connectivity index (χ0) is 15.5. The Kier molecular flexibility index (Phi) is 3.65. The number of H-pyrrole nitrogens is 2. The van der Waals surface area contributed by atoms with Gasteiger partial charge in [0.15, 0.2) is 0 Å². The molecule has 22 heavy (non-hydrogen) atoms. The Morgan fingerprint density at radius 3 is 2.59 bits per heavy atom. The molecule has 3 rings (SSSR count). The van der Waals surface area contributed by atoms with Crippen molar-refractivity contribution in [3.63, 3.8) is 0 Å². The third kappa shape index (κ3) is 3.01. The van der Waals surface area contributed by atoms with Crippen LogP contribution in [0.15, 0.2) is 53.3 Å². The highest BCUT2D eigenvalue weighted by molar-refractivity contribution is 5.95. The standard InChI is InChI=1S/C16H16N4O2/c1-20(12-5-3-2-4-6-12)10-15(21)17-11-7-8-13-14(9-11)19-16(22)18-13/h2-9H,10H2,1H3,(H,17,21)(H2,18,19,22). The van der Waals surface area contributed by atoms with Crippen molar-refractivity contribution in [3.05, 3.63) is 59.0 Å². The third-order valence-electron chi connectivity index (χ3n) is 3.38. The Balaban J connectivity index is 1.69. The molecule has 0 spiro atoms. The van der Waals surface area contributed by atoms with Crippen molar-refractivity contribution in [3.8, 4) is 0 Å². The second kappa shape index (κ2) is 5.77. The van der Waals surface area contributed by atoms with E-state index in [-0.39, 0.29) is 18.1 Å². The summed E-state index contributed by atoms with van der Waals surface area (Å²) in [5, 5.41) is 2.83. The van der Waals surface area contributed by atoms with Gasteiger partial charge in [-0.2, -0.15) is 0 Å². The van der Waals surface area contributed by atoms with E-state index in [0.717, 1.165) is 5.69 Å². The first-order valence-corrected chi connectivity index (χ1v) is 6.90. The quantitative estimate of drug-likeness (QED) is 0.688.